The first-order chi connectivity index (χ1) is 11.1. The van der Waals surface area contributed by atoms with E-state index in [1.807, 2.05) is 6.07 Å². The Bertz CT molecular complexity index is 596. The van der Waals surface area contributed by atoms with Crippen LogP contribution >= 0.6 is 0 Å². The highest BCUT2D eigenvalue weighted by molar-refractivity contribution is 5.58. The second-order valence-corrected chi connectivity index (χ2v) is 7.47. The van der Waals surface area contributed by atoms with Crippen LogP contribution in [0.4, 0.5) is 0 Å². The second-order valence-electron chi connectivity index (χ2n) is 7.47. The van der Waals surface area contributed by atoms with Gasteiger partial charge in [0.2, 0.25) is 0 Å². The lowest BCUT2D eigenvalue weighted by molar-refractivity contribution is 0.422. The topological polar surface area (TPSA) is 40.5 Å². The van der Waals surface area contributed by atoms with E-state index < -0.39 is 0 Å². The fourth-order valence-corrected chi connectivity index (χ4v) is 4.04. The molecule has 0 heterocycles. The van der Waals surface area contributed by atoms with Crippen LogP contribution in [-0.2, 0) is 6.42 Å². The zero-order chi connectivity index (χ0) is 16.4. The van der Waals surface area contributed by atoms with Crippen LogP contribution in [0.1, 0.15) is 93.7 Å². The summed E-state index contributed by atoms with van der Waals surface area (Å²) in [5, 5.41) is 21.6. The minimum absolute atomic E-state index is 0.172. The molecule has 1 saturated carbocycles. The Labute approximate surface area is 140 Å². The highest BCUT2D eigenvalue weighted by Crippen LogP contribution is 2.51. The smallest absolute Gasteiger partial charge is 0.126 e. The molecule has 126 valence electrons. The van der Waals surface area contributed by atoms with Crippen molar-refractivity contribution in [2.24, 2.45) is 0 Å². The first kappa shape index (κ1) is 16.4. The van der Waals surface area contributed by atoms with Crippen LogP contribution in [-0.4, -0.2) is 10.2 Å². The Morgan fingerprint density at radius 3 is 2.52 bits per heavy atom. The second kappa shape index (κ2) is 6.98. The van der Waals surface area contributed by atoms with E-state index in [2.05, 4.69) is 19.9 Å². The SMILES string of the molecule is CCCCCc1cc(O)c(C2C=C(C)CCC2)c(O)c1C1CC1. The Hall–Kier alpha value is -1.44. The molecular formula is C21H30O2. The summed E-state index contributed by atoms with van der Waals surface area (Å²) in [6, 6.07) is 1.95. The number of benzene rings is 1. The molecule has 2 aliphatic carbocycles. The number of unbranched alkanes of at least 4 members (excludes halogenated alkanes) is 2. The van der Waals surface area contributed by atoms with Crippen LogP contribution in [0.15, 0.2) is 17.7 Å². The molecule has 2 aliphatic rings. The normalized spacial score (nSPS) is 21.3. The molecule has 0 spiro atoms. The van der Waals surface area contributed by atoms with Gasteiger partial charge in [-0.05, 0) is 69.4 Å². The third-order valence-electron chi connectivity index (χ3n) is 5.42. The number of phenolic OH excluding ortho intramolecular Hbond substituents is 2. The predicted octanol–water partition coefficient (Wildman–Crippen LogP) is 5.92. The molecule has 1 unspecified atom stereocenters. The first-order valence-electron chi connectivity index (χ1n) is 9.36. The largest absolute Gasteiger partial charge is 0.507 e. The molecule has 23 heavy (non-hydrogen) atoms. The minimum atomic E-state index is 0.172. The van der Waals surface area contributed by atoms with Crippen molar-refractivity contribution in [1.82, 2.24) is 0 Å². The van der Waals surface area contributed by atoms with E-state index in [4.69, 9.17) is 0 Å². The minimum Gasteiger partial charge on any atom is -0.507 e. The van der Waals surface area contributed by atoms with Crippen molar-refractivity contribution >= 4 is 0 Å². The molecule has 0 amide bonds. The molecule has 0 saturated heterocycles. The van der Waals surface area contributed by atoms with Gasteiger partial charge in [0, 0.05) is 17.0 Å². The van der Waals surface area contributed by atoms with E-state index in [-0.39, 0.29) is 5.92 Å². The van der Waals surface area contributed by atoms with Gasteiger partial charge >= 0.3 is 0 Å². The van der Waals surface area contributed by atoms with Crippen LogP contribution in [0.25, 0.3) is 0 Å². The van der Waals surface area contributed by atoms with Crippen LogP contribution in [0, 0.1) is 0 Å². The number of allylic oxidation sites excluding steroid dienone is 2. The molecule has 2 N–H and O–H groups in total. The maximum absolute atomic E-state index is 11.0. The van der Waals surface area contributed by atoms with E-state index in [1.165, 1.54) is 36.8 Å². The number of aryl methyl sites for hydroxylation is 1. The summed E-state index contributed by atoms with van der Waals surface area (Å²) < 4.78 is 0. The van der Waals surface area contributed by atoms with E-state index in [0.717, 1.165) is 43.2 Å². The summed E-state index contributed by atoms with van der Waals surface area (Å²) >= 11 is 0. The quantitative estimate of drug-likeness (QED) is 0.505. The average molecular weight is 314 g/mol. The third-order valence-corrected chi connectivity index (χ3v) is 5.42. The summed E-state index contributed by atoms with van der Waals surface area (Å²) in [5.74, 6) is 1.38. The lowest BCUT2D eigenvalue weighted by Crippen LogP contribution is -2.06. The van der Waals surface area contributed by atoms with E-state index in [9.17, 15) is 10.2 Å². The fraction of sp³-hybridized carbons (Fsp3) is 0.619. The van der Waals surface area contributed by atoms with Gasteiger partial charge in [0.1, 0.15) is 11.5 Å². The molecule has 1 atom stereocenters. The Kier molecular flexibility index (Phi) is 4.99. The van der Waals surface area contributed by atoms with Crippen molar-refractivity contribution in [3.63, 3.8) is 0 Å². The zero-order valence-electron chi connectivity index (χ0n) is 14.6. The molecule has 1 aromatic rings. The fourth-order valence-electron chi connectivity index (χ4n) is 4.04. The van der Waals surface area contributed by atoms with Gasteiger partial charge in [-0.25, -0.2) is 0 Å². The van der Waals surface area contributed by atoms with E-state index in [1.54, 1.807) is 0 Å². The highest BCUT2D eigenvalue weighted by Gasteiger charge is 2.33. The predicted molar refractivity (Wildman–Crippen MR) is 95.3 cm³/mol. The number of rotatable bonds is 6. The van der Waals surface area contributed by atoms with Gasteiger partial charge in [-0.15, -0.1) is 0 Å². The Balaban J connectivity index is 1.97. The Morgan fingerprint density at radius 2 is 1.87 bits per heavy atom. The van der Waals surface area contributed by atoms with Crippen LogP contribution < -0.4 is 0 Å². The van der Waals surface area contributed by atoms with Gasteiger partial charge in [0.25, 0.3) is 0 Å². The molecule has 0 bridgehead atoms. The summed E-state index contributed by atoms with van der Waals surface area (Å²) in [6.07, 6.45) is 12.4. The first-order valence-corrected chi connectivity index (χ1v) is 9.36. The van der Waals surface area contributed by atoms with Crippen LogP contribution in [0.3, 0.4) is 0 Å². The maximum atomic E-state index is 11.0. The highest BCUT2D eigenvalue weighted by atomic mass is 16.3. The summed E-state index contributed by atoms with van der Waals surface area (Å²) in [6.45, 7) is 4.36. The molecule has 2 nitrogen and oxygen atoms in total. The molecule has 0 aliphatic heterocycles. The van der Waals surface area contributed by atoms with Gasteiger partial charge in [-0.1, -0.05) is 31.4 Å². The molecule has 0 radical (unpaired) electrons. The van der Waals surface area contributed by atoms with Crippen molar-refractivity contribution in [1.29, 1.82) is 0 Å². The molecule has 1 aromatic carbocycles. The van der Waals surface area contributed by atoms with Crippen molar-refractivity contribution in [2.75, 3.05) is 0 Å². The van der Waals surface area contributed by atoms with Crippen molar-refractivity contribution in [3.05, 3.63) is 34.4 Å². The van der Waals surface area contributed by atoms with Crippen molar-refractivity contribution in [2.45, 2.75) is 83.5 Å². The van der Waals surface area contributed by atoms with Gasteiger partial charge in [0.15, 0.2) is 0 Å². The van der Waals surface area contributed by atoms with Gasteiger partial charge < -0.3 is 10.2 Å². The molecule has 2 heteroatoms. The molecule has 1 fully saturated rings. The maximum Gasteiger partial charge on any atom is 0.126 e. The number of hydrogen-bond donors (Lipinski definition) is 2. The Morgan fingerprint density at radius 1 is 1.09 bits per heavy atom. The molecular weight excluding hydrogens is 284 g/mol. The lowest BCUT2D eigenvalue weighted by Gasteiger charge is -2.24. The monoisotopic (exact) mass is 314 g/mol. The van der Waals surface area contributed by atoms with E-state index >= 15 is 0 Å². The van der Waals surface area contributed by atoms with Crippen molar-refractivity contribution < 1.29 is 10.2 Å². The molecule has 0 aromatic heterocycles. The summed E-state index contributed by atoms with van der Waals surface area (Å²) in [4.78, 5) is 0. The summed E-state index contributed by atoms with van der Waals surface area (Å²) in [7, 11) is 0. The number of aromatic hydroxyl groups is 2. The number of hydrogen-bond acceptors (Lipinski definition) is 2. The lowest BCUT2D eigenvalue weighted by atomic mass is 9.82. The van der Waals surface area contributed by atoms with Gasteiger partial charge in [-0.2, -0.15) is 0 Å². The van der Waals surface area contributed by atoms with Crippen molar-refractivity contribution in [3.8, 4) is 11.5 Å². The summed E-state index contributed by atoms with van der Waals surface area (Å²) in [5.41, 5.74) is 4.48. The van der Waals surface area contributed by atoms with E-state index in [0.29, 0.717) is 17.4 Å². The average Bonchev–Trinajstić information content (AvgIpc) is 3.32. The number of phenols is 2. The van der Waals surface area contributed by atoms with Gasteiger partial charge in [0.05, 0.1) is 0 Å². The third kappa shape index (κ3) is 3.57. The standard InChI is InChI=1S/C21H30O2/c1-3-4-5-8-17-13-18(22)20(16-9-6-7-14(2)12-16)21(23)19(17)15-10-11-15/h12-13,15-16,22-23H,3-11H2,1-2H3. The van der Waals surface area contributed by atoms with Crippen LogP contribution in [0.2, 0.25) is 0 Å². The zero-order valence-corrected chi connectivity index (χ0v) is 14.6. The molecule has 3 rings (SSSR count). The van der Waals surface area contributed by atoms with Crippen LogP contribution in [0.5, 0.6) is 11.5 Å². The van der Waals surface area contributed by atoms with Gasteiger partial charge in [-0.3, -0.25) is 0 Å².